The highest BCUT2D eigenvalue weighted by Crippen LogP contribution is 2.26. The van der Waals surface area contributed by atoms with Crippen LogP contribution in [0.3, 0.4) is 0 Å². The Morgan fingerprint density at radius 2 is 1.84 bits per heavy atom. The van der Waals surface area contributed by atoms with Crippen LogP contribution in [0.2, 0.25) is 5.15 Å². The minimum Gasteiger partial charge on any atom is -0.329 e. The van der Waals surface area contributed by atoms with E-state index in [2.05, 4.69) is 28.6 Å². The SMILES string of the molecule is CC(C)N1CCN(C(CN)c2ncn(C)c2Cl)CC1. The maximum absolute atomic E-state index is 6.29. The number of aromatic nitrogens is 2. The van der Waals surface area contributed by atoms with Crippen LogP contribution < -0.4 is 5.73 Å². The summed E-state index contributed by atoms with van der Waals surface area (Å²) >= 11 is 6.29. The van der Waals surface area contributed by atoms with Gasteiger partial charge >= 0.3 is 0 Å². The van der Waals surface area contributed by atoms with Crippen molar-refractivity contribution in [3.63, 3.8) is 0 Å². The molecule has 0 saturated carbocycles. The molecule has 0 amide bonds. The number of halogens is 1. The van der Waals surface area contributed by atoms with Crippen LogP contribution >= 0.6 is 11.6 Å². The third kappa shape index (κ3) is 3.11. The van der Waals surface area contributed by atoms with Crippen molar-refractivity contribution < 1.29 is 0 Å². The molecule has 1 aromatic rings. The molecule has 0 bridgehead atoms. The van der Waals surface area contributed by atoms with Crippen LogP contribution in [0.5, 0.6) is 0 Å². The second-order valence-electron chi connectivity index (χ2n) is 5.45. The largest absolute Gasteiger partial charge is 0.329 e. The molecule has 5 nitrogen and oxygen atoms in total. The average Bonchev–Trinajstić information content (AvgIpc) is 2.73. The molecule has 1 aliphatic rings. The quantitative estimate of drug-likeness (QED) is 0.900. The number of rotatable bonds is 4. The molecular formula is C13H24ClN5. The summed E-state index contributed by atoms with van der Waals surface area (Å²) in [5.74, 6) is 0. The minimum absolute atomic E-state index is 0.128. The number of nitrogens with zero attached hydrogens (tertiary/aromatic N) is 4. The van der Waals surface area contributed by atoms with Crippen molar-refractivity contribution in [3.05, 3.63) is 17.2 Å². The Kier molecular flexibility index (Phi) is 4.84. The maximum Gasteiger partial charge on any atom is 0.133 e. The zero-order valence-corrected chi connectivity index (χ0v) is 12.8. The Hall–Kier alpha value is -0.620. The molecule has 1 saturated heterocycles. The van der Waals surface area contributed by atoms with E-state index in [0.717, 1.165) is 31.9 Å². The van der Waals surface area contributed by atoms with Crippen LogP contribution in [-0.4, -0.2) is 58.1 Å². The van der Waals surface area contributed by atoms with Crippen LogP contribution in [0.4, 0.5) is 0 Å². The van der Waals surface area contributed by atoms with E-state index in [1.54, 1.807) is 6.33 Å². The molecule has 1 fully saturated rings. The number of nitrogens with two attached hydrogens (primary N) is 1. The summed E-state index contributed by atoms with van der Waals surface area (Å²) < 4.78 is 1.84. The maximum atomic E-state index is 6.29. The highest BCUT2D eigenvalue weighted by atomic mass is 35.5. The number of hydrogen-bond donors (Lipinski definition) is 1. The Morgan fingerprint density at radius 1 is 1.26 bits per heavy atom. The van der Waals surface area contributed by atoms with Gasteiger partial charge in [-0.3, -0.25) is 9.80 Å². The van der Waals surface area contributed by atoms with Crippen molar-refractivity contribution in [2.45, 2.75) is 25.9 Å². The average molecular weight is 286 g/mol. The third-order valence-electron chi connectivity index (χ3n) is 3.95. The number of aryl methyl sites for hydroxylation is 1. The predicted molar refractivity (Wildman–Crippen MR) is 78.3 cm³/mol. The van der Waals surface area contributed by atoms with Gasteiger partial charge in [0.2, 0.25) is 0 Å². The summed E-state index contributed by atoms with van der Waals surface area (Å²) in [5.41, 5.74) is 6.85. The zero-order valence-electron chi connectivity index (χ0n) is 12.0. The van der Waals surface area contributed by atoms with Crippen LogP contribution in [0.25, 0.3) is 0 Å². The lowest BCUT2D eigenvalue weighted by molar-refractivity contribution is 0.0791. The van der Waals surface area contributed by atoms with E-state index < -0.39 is 0 Å². The Balaban J connectivity index is 2.06. The van der Waals surface area contributed by atoms with Crippen molar-refractivity contribution in [2.24, 2.45) is 12.8 Å². The van der Waals surface area contributed by atoms with E-state index in [1.807, 2.05) is 11.6 Å². The molecule has 2 N–H and O–H groups in total. The smallest absolute Gasteiger partial charge is 0.133 e. The normalized spacial score (nSPS) is 20.1. The van der Waals surface area contributed by atoms with E-state index in [-0.39, 0.29) is 6.04 Å². The monoisotopic (exact) mass is 285 g/mol. The summed E-state index contributed by atoms with van der Waals surface area (Å²) in [6.07, 6.45) is 1.75. The first kappa shape index (κ1) is 14.8. The van der Waals surface area contributed by atoms with Gasteiger partial charge in [0.15, 0.2) is 0 Å². The molecule has 0 radical (unpaired) electrons. The summed E-state index contributed by atoms with van der Waals surface area (Å²) in [6, 6.07) is 0.736. The van der Waals surface area contributed by atoms with Gasteiger partial charge in [0.1, 0.15) is 5.15 Å². The van der Waals surface area contributed by atoms with Gasteiger partial charge in [0.05, 0.1) is 18.1 Å². The van der Waals surface area contributed by atoms with Gasteiger partial charge in [0.25, 0.3) is 0 Å². The second kappa shape index (κ2) is 6.22. The minimum atomic E-state index is 0.128. The lowest BCUT2D eigenvalue weighted by Crippen LogP contribution is -2.51. The van der Waals surface area contributed by atoms with Gasteiger partial charge < -0.3 is 10.3 Å². The number of imidazole rings is 1. The van der Waals surface area contributed by atoms with E-state index in [1.165, 1.54) is 0 Å². The Bertz CT molecular complexity index is 409. The summed E-state index contributed by atoms with van der Waals surface area (Å²) in [7, 11) is 1.91. The molecule has 1 unspecified atom stereocenters. The highest BCUT2D eigenvalue weighted by molar-refractivity contribution is 6.30. The first-order chi connectivity index (χ1) is 9.04. The van der Waals surface area contributed by atoms with Crippen molar-refractivity contribution in [2.75, 3.05) is 32.7 Å². The summed E-state index contributed by atoms with van der Waals surface area (Å²) in [5, 5.41) is 0.696. The molecule has 2 heterocycles. The fourth-order valence-electron chi connectivity index (χ4n) is 2.66. The molecule has 1 aromatic heterocycles. The fourth-order valence-corrected chi connectivity index (χ4v) is 2.87. The van der Waals surface area contributed by atoms with Crippen LogP contribution in [0, 0.1) is 0 Å². The van der Waals surface area contributed by atoms with Crippen molar-refractivity contribution in [3.8, 4) is 0 Å². The predicted octanol–water partition coefficient (Wildman–Crippen LogP) is 1.10. The zero-order chi connectivity index (χ0) is 14.0. The topological polar surface area (TPSA) is 50.3 Å². The Morgan fingerprint density at radius 3 is 2.26 bits per heavy atom. The first-order valence-electron chi connectivity index (χ1n) is 6.89. The molecule has 0 spiro atoms. The molecule has 19 heavy (non-hydrogen) atoms. The van der Waals surface area contributed by atoms with Gasteiger partial charge in [-0.2, -0.15) is 0 Å². The molecule has 108 valence electrons. The van der Waals surface area contributed by atoms with Gasteiger partial charge in [-0.1, -0.05) is 11.6 Å². The van der Waals surface area contributed by atoms with Gasteiger partial charge in [-0.25, -0.2) is 4.98 Å². The van der Waals surface area contributed by atoms with E-state index in [4.69, 9.17) is 17.3 Å². The molecule has 0 aromatic carbocycles. The number of hydrogen-bond acceptors (Lipinski definition) is 4. The second-order valence-corrected chi connectivity index (χ2v) is 5.81. The summed E-state index contributed by atoms with van der Waals surface area (Å²) in [6.45, 7) is 9.24. The molecule has 2 rings (SSSR count). The van der Waals surface area contributed by atoms with E-state index >= 15 is 0 Å². The summed E-state index contributed by atoms with van der Waals surface area (Å²) in [4.78, 5) is 9.30. The van der Waals surface area contributed by atoms with Gasteiger partial charge in [-0.15, -0.1) is 0 Å². The van der Waals surface area contributed by atoms with Crippen LogP contribution in [0.15, 0.2) is 6.33 Å². The molecule has 1 atom stereocenters. The third-order valence-corrected chi connectivity index (χ3v) is 4.41. The van der Waals surface area contributed by atoms with E-state index in [0.29, 0.717) is 17.7 Å². The van der Waals surface area contributed by atoms with Crippen molar-refractivity contribution in [1.29, 1.82) is 0 Å². The highest BCUT2D eigenvalue weighted by Gasteiger charge is 2.28. The molecule has 0 aliphatic carbocycles. The van der Waals surface area contributed by atoms with Crippen LogP contribution in [-0.2, 0) is 7.05 Å². The van der Waals surface area contributed by atoms with Crippen molar-refractivity contribution in [1.82, 2.24) is 19.4 Å². The lowest BCUT2D eigenvalue weighted by Gasteiger charge is -2.40. The van der Waals surface area contributed by atoms with Gasteiger partial charge in [-0.05, 0) is 13.8 Å². The van der Waals surface area contributed by atoms with E-state index in [9.17, 15) is 0 Å². The molecular weight excluding hydrogens is 262 g/mol. The molecule has 1 aliphatic heterocycles. The molecule has 6 heteroatoms. The van der Waals surface area contributed by atoms with Crippen LogP contribution in [0.1, 0.15) is 25.6 Å². The standard InChI is InChI=1S/C13H24ClN5/c1-10(2)18-4-6-19(7-5-18)11(8-15)12-13(14)17(3)9-16-12/h9-11H,4-8,15H2,1-3H3. The lowest BCUT2D eigenvalue weighted by atomic mass is 10.1. The number of piperazine rings is 1. The first-order valence-corrected chi connectivity index (χ1v) is 7.27. The van der Waals surface area contributed by atoms with Crippen molar-refractivity contribution >= 4 is 11.6 Å². The fraction of sp³-hybridized carbons (Fsp3) is 0.769. The van der Waals surface area contributed by atoms with Gasteiger partial charge in [0, 0.05) is 45.8 Å². The Labute approximate surface area is 120 Å².